The molecule has 0 saturated carbocycles. The molecular formula is C13H11ClF2. The molecule has 2 aromatic rings. The molecule has 0 aliphatic rings. The second-order valence-corrected chi connectivity index (χ2v) is 3.54. The van der Waals surface area contributed by atoms with Gasteiger partial charge in [-0.25, -0.2) is 8.78 Å². The van der Waals surface area contributed by atoms with E-state index >= 15 is 0 Å². The van der Waals surface area contributed by atoms with Crippen molar-refractivity contribution in [1.29, 1.82) is 0 Å². The van der Waals surface area contributed by atoms with Crippen molar-refractivity contribution in [3.63, 3.8) is 0 Å². The predicted octanol–water partition coefficient (Wildman–Crippen LogP) is 4.92. The smallest absolute Gasteiger partial charge is 0.166 e. The molecular weight excluding hydrogens is 230 g/mol. The van der Waals surface area contributed by atoms with Crippen molar-refractivity contribution in [3.8, 4) is 11.1 Å². The van der Waals surface area contributed by atoms with E-state index in [1.807, 2.05) is 0 Å². The van der Waals surface area contributed by atoms with Gasteiger partial charge in [0.05, 0.1) is 0 Å². The molecule has 0 bridgehead atoms. The van der Waals surface area contributed by atoms with Gasteiger partial charge in [0.25, 0.3) is 0 Å². The van der Waals surface area contributed by atoms with Crippen LogP contribution in [0, 0.1) is 11.6 Å². The van der Waals surface area contributed by atoms with E-state index in [0.717, 1.165) is 6.07 Å². The van der Waals surface area contributed by atoms with E-state index in [1.165, 1.54) is 12.1 Å². The summed E-state index contributed by atoms with van der Waals surface area (Å²) >= 11 is 5.70. The van der Waals surface area contributed by atoms with Crippen LogP contribution in [-0.2, 0) is 0 Å². The Morgan fingerprint density at radius 1 is 0.875 bits per heavy atom. The van der Waals surface area contributed by atoms with Crippen molar-refractivity contribution < 1.29 is 8.78 Å². The lowest BCUT2D eigenvalue weighted by Gasteiger charge is -2.03. The molecule has 0 atom stereocenters. The Morgan fingerprint density at radius 2 is 1.50 bits per heavy atom. The Kier molecular flexibility index (Phi) is 4.02. The lowest BCUT2D eigenvalue weighted by molar-refractivity contribution is 0.511. The first-order chi connectivity index (χ1) is 7.18. The first kappa shape index (κ1) is 12.7. The number of hydrogen-bond acceptors (Lipinski definition) is 0. The highest BCUT2D eigenvalue weighted by atomic mass is 35.5. The van der Waals surface area contributed by atoms with Crippen LogP contribution in [0.5, 0.6) is 0 Å². The molecule has 0 amide bonds. The van der Waals surface area contributed by atoms with Gasteiger partial charge >= 0.3 is 0 Å². The normalized spacial score (nSPS) is 9.69. The highest BCUT2D eigenvalue weighted by Crippen LogP contribution is 2.25. The summed E-state index contributed by atoms with van der Waals surface area (Å²) in [6.07, 6.45) is 0. The molecule has 84 valence electrons. The van der Waals surface area contributed by atoms with Crippen LogP contribution < -0.4 is 0 Å². The van der Waals surface area contributed by atoms with Gasteiger partial charge in [0.2, 0.25) is 0 Å². The van der Waals surface area contributed by atoms with Crippen molar-refractivity contribution in [2.75, 3.05) is 0 Å². The molecule has 0 fully saturated rings. The van der Waals surface area contributed by atoms with E-state index in [4.69, 9.17) is 11.6 Å². The third-order valence-corrected chi connectivity index (χ3v) is 2.36. The van der Waals surface area contributed by atoms with Crippen molar-refractivity contribution in [3.05, 3.63) is 59.1 Å². The van der Waals surface area contributed by atoms with Gasteiger partial charge in [0, 0.05) is 10.6 Å². The molecule has 0 radical (unpaired) electrons. The summed E-state index contributed by atoms with van der Waals surface area (Å²) < 4.78 is 26.3. The fourth-order valence-electron chi connectivity index (χ4n) is 1.36. The summed E-state index contributed by atoms with van der Waals surface area (Å²) in [5.74, 6) is -1.68. The van der Waals surface area contributed by atoms with Gasteiger partial charge in [0.15, 0.2) is 11.6 Å². The van der Waals surface area contributed by atoms with Gasteiger partial charge in [-0.1, -0.05) is 43.3 Å². The van der Waals surface area contributed by atoms with Gasteiger partial charge in [-0.2, -0.15) is 0 Å². The van der Waals surface area contributed by atoms with Gasteiger partial charge in [-0.3, -0.25) is 0 Å². The van der Waals surface area contributed by atoms with Gasteiger partial charge < -0.3 is 0 Å². The minimum atomic E-state index is -0.845. The quantitative estimate of drug-likeness (QED) is 0.664. The molecule has 0 aliphatic heterocycles. The monoisotopic (exact) mass is 240 g/mol. The summed E-state index contributed by atoms with van der Waals surface area (Å²) in [6.45, 7) is 0. The summed E-state index contributed by atoms with van der Waals surface area (Å²) in [6, 6.07) is 10.7. The molecule has 0 heterocycles. The average Bonchev–Trinajstić information content (AvgIpc) is 2.24. The largest absolute Gasteiger partial charge is 0.204 e. The number of benzene rings is 2. The molecule has 0 spiro atoms. The second kappa shape index (κ2) is 5.08. The van der Waals surface area contributed by atoms with E-state index in [1.54, 1.807) is 24.3 Å². The van der Waals surface area contributed by atoms with Crippen molar-refractivity contribution in [2.24, 2.45) is 0 Å². The van der Waals surface area contributed by atoms with Gasteiger partial charge in [-0.05, 0) is 23.8 Å². The Bertz CT molecular complexity index is 478. The zero-order valence-electron chi connectivity index (χ0n) is 7.68. The van der Waals surface area contributed by atoms with E-state index in [0.29, 0.717) is 10.6 Å². The van der Waals surface area contributed by atoms with Gasteiger partial charge in [0.1, 0.15) is 0 Å². The predicted molar refractivity (Wildman–Crippen MR) is 63.5 cm³/mol. The summed E-state index contributed by atoms with van der Waals surface area (Å²) in [5.41, 5.74) is 0.850. The van der Waals surface area contributed by atoms with Crippen LogP contribution in [0.25, 0.3) is 11.1 Å². The van der Waals surface area contributed by atoms with E-state index in [-0.39, 0.29) is 13.0 Å². The van der Waals surface area contributed by atoms with E-state index in [2.05, 4.69) is 0 Å². The Labute approximate surface area is 98.5 Å². The molecule has 0 nitrogen and oxygen atoms in total. The van der Waals surface area contributed by atoms with Crippen LogP contribution >= 0.6 is 11.6 Å². The number of hydrogen-bond donors (Lipinski definition) is 0. The highest BCUT2D eigenvalue weighted by Gasteiger charge is 2.08. The van der Waals surface area contributed by atoms with Crippen LogP contribution in [0.4, 0.5) is 8.78 Å². The highest BCUT2D eigenvalue weighted by molar-refractivity contribution is 6.30. The first-order valence-corrected chi connectivity index (χ1v) is 4.76. The van der Waals surface area contributed by atoms with Crippen LogP contribution in [0.15, 0.2) is 42.5 Å². The lowest BCUT2D eigenvalue weighted by Crippen LogP contribution is -1.88. The molecule has 0 aromatic heterocycles. The number of halogens is 3. The molecule has 2 rings (SSSR count). The van der Waals surface area contributed by atoms with E-state index < -0.39 is 11.6 Å². The Morgan fingerprint density at radius 3 is 2.12 bits per heavy atom. The maximum atomic E-state index is 13.4. The fraction of sp³-hybridized carbons (Fsp3) is 0.0769. The lowest BCUT2D eigenvalue weighted by atomic mass is 10.1. The number of rotatable bonds is 1. The maximum Gasteiger partial charge on any atom is 0.166 e. The third kappa shape index (κ3) is 2.39. The molecule has 3 heteroatoms. The minimum Gasteiger partial charge on any atom is -0.204 e. The zero-order chi connectivity index (χ0) is 10.8. The van der Waals surface area contributed by atoms with Crippen LogP contribution in [0.3, 0.4) is 0 Å². The van der Waals surface area contributed by atoms with Crippen LogP contribution in [-0.4, -0.2) is 0 Å². The molecule has 2 aromatic carbocycles. The molecule has 0 N–H and O–H groups in total. The summed E-state index contributed by atoms with van der Waals surface area (Å²) in [7, 11) is 0. The van der Waals surface area contributed by atoms with Crippen molar-refractivity contribution >= 4 is 11.6 Å². The maximum absolute atomic E-state index is 13.4. The van der Waals surface area contributed by atoms with Crippen molar-refractivity contribution in [2.45, 2.75) is 7.43 Å². The van der Waals surface area contributed by atoms with Crippen molar-refractivity contribution in [1.82, 2.24) is 0 Å². The zero-order valence-corrected chi connectivity index (χ0v) is 8.43. The third-order valence-electron chi connectivity index (χ3n) is 2.11. The SMILES string of the molecule is C.Fc1cccc(-c2ccc(Cl)cc2)c1F. The topological polar surface area (TPSA) is 0 Å². The Balaban J connectivity index is 0.00000128. The van der Waals surface area contributed by atoms with E-state index in [9.17, 15) is 8.78 Å². The molecule has 0 unspecified atom stereocenters. The molecule has 0 saturated heterocycles. The molecule has 16 heavy (non-hydrogen) atoms. The van der Waals surface area contributed by atoms with Crippen LogP contribution in [0.1, 0.15) is 7.43 Å². The van der Waals surface area contributed by atoms with Gasteiger partial charge in [-0.15, -0.1) is 0 Å². The van der Waals surface area contributed by atoms with Crippen LogP contribution in [0.2, 0.25) is 5.02 Å². The first-order valence-electron chi connectivity index (χ1n) is 4.38. The second-order valence-electron chi connectivity index (χ2n) is 3.11. The fourth-order valence-corrected chi connectivity index (χ4v) is 1.48. The average molecular weight is 241 g/mol. The Hall–Kier alpha value is -1.41. The summed E-state index contributed by atoms with van der Waals surface area (Å²) in [4.78, 5) is 0. The minimum absolute atomic E-state index is 0. The summed E-state index contributed by atoms with van der Waals surface area (Å²) in [5, 5.41) is 0.565. The molecule has 0 aliphatic carbocycles. The standard InChI is InChI=1S/C12H7ClF2.CH4/c13-9-6-4-8(5-7-9)10-2-1-3-11(14)12(10)15;/h1-7H;1H4.